The average Bonchev–Trinajstić information content (AvgIpc) is 2.59. The zero-order chi connectivity index (χ0) is 11.1. The molecule has 1 aromatic rings. The minimum absolute atomic E-state index is 0.304. The summed E-state index contributed by atoms with van der Waals surface area (Å²) in [5, 5.41) is 3.05. The SMILES string of the molecule is COCCNCc1nccn1CC(F)F. The van der Waals surface area contributed by atoms with Gasteiger partial charge in [-0.25, -0.2) is 13.8 Å². The molecule has 6 heteroatoms. The Morgan fingerprint density at radius 3 is 3.07 bits per heavy atom. The summed E-state index contributed by atoms with van der Waals surface area (Å²) < 4.78 is 30.6. The molecule has 0 saturated carbocycles. The van der Waals surface area contributed by atoms with Crippen LogP contribution in [0.3, 0.4) is 0 Å². The van der Waals surface area contributed by atoms with Gasteiger partial charge in [0, 0.05) is 26.0 Å². The molecular weight excluding hydrogens is 204 g/mol. The van der Waals surface area contributed by atoms with Gasteiger partial charge in [-0.05, 0) is 0 Å². The third-order valence-corrected chi connectivity index (χ3v) is 1.90. The molecule has 0 atom stereocenters. The smallest absolute Gasteiger partial charge is 0.256 e. The fraction of sp³-hybridized carbons (Fsp3) is 0.667. The van der Waals surface area contributed by atoms with Gasteiger partial charge in [0.05, 0.1) is 19.7 Å². The molecule has 0 aliphatic carbocycles. The number of rotatable bonds is 7. The molecular formula is C9H15F2N3O. The summed E-state index contributed by atoms with van der Waals surface area (Å²) in [5.41, 5.74) is 0. The molecule has 0 fully saturated rings. The maximum absolute atomic E-state index is 12.1. The van der Waals surface area contributed by atoms with Gasteiger partial charge in [-0.1, -0.05) is 0 Å². The van der Waals surface area contributed by atoms with Crippen LogP contribution in [0.5, 0.6) is 0 Å². The summed E-state index contributed by atoms with van der Waals surface area (Å²) in [6.07, 6.45) is 0.729. The summed E-state index contributed by atoms with van der Waals surface area (Å²) in [6.45, 7) is 1.44. The van der Waals surface area contributed by atoms with Crippen molar-refractivity contribution in [2.24, 2.45) is 0 Å². The van der Waals surface area contributed by atoms with E-state index in [-0.39, 0.29) is 6.54 Å². The molecule has 0 spiro atoms. The van der Waals surface area contributed by atoms with Crippen LogP contribution in [0.4, 0.5) is 8.78 Å². The molecule has 86 valence electrons. The molecule has 0 aliphatic heterocycles. The van der Waals surface area contributed by atoms with E-state index >= 15 is 0 Å². The van der Waals surface area contributed by atoms with Crippen molar-refractivity contribution < 1.29 is 13.5 Å². The predicted molar refractivity (Wildman–Crippen MR) is 51.8 cm³/mol. The first-order chi connectivity index (χ1) is 7.24. The number of hydrogen-bond donors (Lipinski definition) is 1. The fourth-order valence-corrected chi connectivity index (χ4v) is 1.20. The third kappa shape index (κ3) is 4.35. The molecule has 0 radical (unpaired) electrons. The highest BCUT2D eigenvalue weighted by molar-refractivity contribution is 4.92. The van der Waals surface area contributed by atoms with Crippen molar-refractivity contribution >= 4 is 0 Å². The predicted octanol–water partition coefficient (Wildman–Crippen LogP) is 0.884. The van der Waals surface area contributed by atoms with E-state index in [0.29, 0.717) is 25.5 Å². The molecule has 4 nitrogen and oxygen atoms in total. The largest absolute Gasteiger partial charge is 0.383 e. The fourth-order valence-electron chi connectivity index (χ4n) is 1.20. The average molecular weight is 219 g/mol. The molecule has 0 aliphatic rings. The summed E-state index contributed by atoms with van der Waals surface area (Å²) in [7, 11) is 1.61. The van der Waals surface area contributed by atoms with Crippen molar-refractivity contribution in [1.82, 2.24) is 14.9 Å². The topological polar surface area (TPSA) is 39.1 Å². The standard InChI is InChI=1S/C9H15F2N3O/c1-15-5-3-12-6-9-13-2-4-14(9)7-8(10)11/h2,4,8,12H,3,5-7H2,1H3. The normalized spacial score (nSPS) is 11.2. The second-order valence-corrected chi connectivity index (χ2v) is 3.06. The number of methoxy groups -OCH3 is 1. The van der Waals surface area contributed by atoms with Gasteiger partial charge in [-0.3, -0.25) is 0 Å². The number of nitrogens with zero attached hydrogens (tertiary/aromatic N) is 2. The van der Waals surface area contributed by atoms with E-state index < -0.39 is 6.43 Å². The molecule has 1 aromatic heterocycles. The van der Waals surface area contributed by atoms with Crippen molar-refractivity contribution in [3.05, 3.63) is 18.2 Å². The van der Waals surface area contributed by atoms with Crippen molar-refractivity contribution in [2.75, 3.05) is 20.3 Å². The lowest BCUT2D eigenvalue weighted by Gasteiger charge is -2.07. The Morgan fingerprint density at radius 1 is 1.60 bits per heavy atom. The first-order valence-corrected chi connectivity index (χ1v) is 4.72. The second-order valence-electron chi connectivity index (χ2n) is 3.06. The van der Waals surface area contributed by atoms with Crippen LogP contribution in [0.25, 0.3) is 0 Å². The van der Waals surface area contributed by atoms with Crippen LogP contribution in [0.1, 0.15) is 5.82 Å². The quantitative estimate of drug-likeness (QED) is 0.692. The van der Waals surface area contributed by atoms with Gasteiger partial charge in [0.1, 0.15) is 5.82 Å². The third-order valence-electron chi connectivity index (χ3n) is 1.90. The monoisotopic (exact) mass is 219 g/mol. The Balaban J connectivity index is 2.36. The van der Waals surface area contributed by atoms with Gasteiger partial charge in [0.25, 0.3) is 6.43 Å². The van der Waals surface area contributed by atoms with E-state index in [1.807, 2.05) is 0 Å². The first kappa shape index (κ1) is 12.1. The van der Waals surface area contributed by atoms with E-state index in [1.165, 1.54) is 10.8 Å². The Labute approximate surface area is 87.3 Å². The summed E-state index contributed by atoms with van der Waals surface area (Å²) in [5.74, 6) is 0.617. The number of alkyl halides is 2. The lowest BCUT2D eigenvalue weighted by atomic mass is 10.5. The van der Waals surface area contributed by atoms with Gasteiger partial charge in [0.2, 0.25) is 0 Å². The molecule has 1 heterocycles. The van der Waals surface area contributed by atoms with E-state index in [2.05, 4.69) is 10.3 Å². The Hall–Kier alpha value is -1.01. The molecule has 0 bridgehead atoms. The van der Waals surface area contributed by atoms with Crippen molar-refractivity contribution in [3.8, 4) is 0 Å². The van der Waals surface area contributed by atoms with Gasteiger partial charge in [-0.2, -0.15) is 0 Å². The van der Waals surface area contributed by atoms with Gasteiger partial charge in [0.15, 0.2) is 0 Å². The van der Waals surface area contributed by atoms with Crippen molar-refractivity contribution in [1.29, 1.82) is 0 Å². The molecule has 1 rings (SSSR count). The minimum Gasteiger partial charge on any atom is -0.383 e. The lowest BCUT2D eigenvalue weighted by molar-refractivity contribution is 0.125. The molecule has 15 heavy (non-hydrogen) atoms. The van der Waals surface area contributed by atoms with Crippen LogP contribution < -0.4 is 5.32 Å². The van der Waals surface area contributed by atoms with Gasteiger partial charge >= 0.3 is 0 Å². The zero-order valence-corrected chi connectivity index (χ0v) is 8.62. The lowest BCUT2D eigenvalue weighted by Crippen LogP contribution is -2.21. The summed E-state index contributed by atoms with van der Waals surface area (Å²) >= 11 is 0. The van der Waals surface area contributed by atoms with E-state index in [0.717, 1.165) is 0 Å². The van der Waals surface area contributed by atoms with Crippen molar-refractivity contribution in [3.63, 3.8) is 0 Å². The molecule has 0 saturated heterocycles. The minimum atomic E-state index is -2.35. The Morgan fingerprint density at radius 2 is 2.40 bits per heavy atom. The molecule has 0 unspecified atom stereocenters. The maximum Gasteiger partial charge on any atom is 0.256 e. The van der Waals surface area contributed by atoms with E-state index in [1.54, 1.807) is 13.3 Å². The number of ether oxygens (including phenoxy) is 1. The molecule has 0 aromatic carbocycles. The number of aromatic nitrogens is 2. The highest BCUT2D eigenvalue weighted by atomic mass is 19.3. The highest BCUT2D eigenvalue weighted by Gasteiger charge is 2.07. The number of hydrogen-bond acceptors (Lipinski definition) is 3. The first-order valence-electron chi connectivity index (χ1n) is 4.72. The summed E-state index contributed by atoms with van der Waals surface area (Å²) in [6, 6.07) is 0. The number of imidazole rings is 1. The van der Waals surface area contributed by atoms with Crippen LogP contribution in [0.2, 0.25) is 0 Å². The van der Waals surface area contributed by atoms with Crippen LogP contribution in [-0.2, 0) is 17.8 Å². The van der Waals surface area contributed by atoms with E-state index in [9.17, 15) is 8.78 Å². The van der Waals surface area contributed by atoms with Crippen LogP contribution in [-0.4, -0.2) is 36.2 Å². The zero-order valence-electron chi connectivity index (χ0n) is 8.62. The van der Waals surface area contributed by atoms with Crippen LogP contribution >= 0.6 is 0 Å². The number of nitrogens with one attached hydrogen (secondary N) is 1. The second kappa shape index (κ2) is 6.47. The van der Waals surface area contributed by atoms with Gasteiger partial charge < -0.3 is 14.6 Å². The molecule has 1 N–H and O–H groups in total. The van der Waals surface area contributed by atoms with Crippen LogP contribution in [0, 0.1) is 0 Å². The number of halogens is 2. The summed E-state index contributed by atoms with van der Waals surface area (Å²) in [4.78, 5) is 3.99. The molecule has 0 amide bonds. The Kier molecular flexibility index (Phi) is 5.20. The Bertz CT molecular complexity index is 278. The van der Waals surface area contributed by atoms with Crippen LogP contribution in [0.15, 0.2) is 12.4 Å². The van der Waals surface area contributed by atoms with Gasteiger partial charge in [-0.15, -0.1) is 0 Å². The van der Waals surface area contributed by atoms with Crippen molar-refractivity contribution in [2.45, 2.75) is 19.5 Å². The maximum atomic E-state index is 12.1. The highest BCUT2D eigenvalue weighted by Crippen LogP contribution is 2.02. The van der Waals surface area contributed by atoms with E-state index in [4.69, 9.17) is 4.74 Å².